The number of anilines is 1. The molecule has 1 aliphatic rings. The standard InChI is InChI=1S/C24H21NO4S/c1-15(2)29-18-12-10-16(11-13-18)21-20(22(26)19-9-6-14-30-19)23(27)24(28)25(21)17-7-4-3-5-8-17/h3-15,21,27H,1-2H3. The van der Waals surface area contributed by atoms with Crippen molar-refractivity contribution >= 4 is 28.7 Å². The summed E-state index contributed by atoms with van der Waals surface area (Å²) in [7, 11) is 0. The molecule has 0 saturated heterocycles. The molecular weight excluding hydrogens is 398 g/mol. The molecular formula is C24H21NO4S. The van der Waals surface area contributed by atoms with Crippen LogP contribution >= 0.6 is 11.3 Å². The fourth-order valence-corrected chi connectivity index (χ4v) is 4.23. The lowest BCUT2D eigenvalue weighted by Gasteiger charge is -2.27. The Morgan fingerprint density at radius 2 is 1.73 bits per heavy atom. The van der Waals surface area contributed by atoms with Gasteiger partial charge in [0.2, 0.25) is 5.78 Å². The second kappa shape index (κ2) is 8.16. The van der Waals surface area contributed by atoms with Crippen molar-refractivity contribution in [3.8, 4) is 5.75 Å². The fourth-order valence-electron chi connectivity index (χ4n) is 3.55. The highest BCUT2D eigenvalue weighted by atomic mass is 32.1. The van der Waals surface area contributed by atoms with Gasteiger partial charge in [-0.1, -0.05) is 36.4 Å². The second-order valence-corrected chi connectivity index (χ2v) is 8.17. The zero-order chi connectivity index (χ0) is 21.3. The Morgan fingerprint density at radius 1 is 1.03 bits per heavy atom. The van der Waals surface area contributed by atoms with Gasteiger partial charge < -0.3 is 9.84 Å². The number of hydrogen-bond donors (Lipinski definition) is 1. The molecule has 0 aliphatic carbocycles. The van der Waals surface area contributed by atoms with Crippen molar-refractivity contribution in [1.29, 1.82) is 0 Å². The molecule has 1 atom stereocenters. The predicted octanol–water partition coefficient (Wildman–Crippen LogP) is 5.32. The first-order valence-corrected chi connectivity index (χ1v) is 10.5. The van der Waals surface area contributed by atoms with Crippen LogP contribution < -0.4 is 9.64 Å². The summed E-state index contributed by atoms with van der Waals surface area (Å²) in [6, 6.07) is 19.1. The van der Waals surface area contributed by atoms with Crippen molar-refractivity contribution in [2.45, 2.75) is 26.0 Å². The van der Waals surface area contributed by atoms with Crippen LogP contribution in [-0.4, -0.2) is 22.9 Å². The molecule has 0 saturated carbocycles. The Hall–Kier alpha value is -3.38. The van der Waals surface area contributed by atoms with Gasteiger partial charge in [-0.3, -0.25) is 14.5 Å². The van der Waals surface area contributed by atoms with Crippen LogP contribution in [0.2, 0.25) is 0 Å². The third kappa shape index (κ3) is 3.62. The summed E-state index contributed by atoms with van der Waals surface area (Å²) < 4.78 is 5.71. The molecule has 1 aromatic heterocycles. The van der Waals surface area contributed by atoms with Crippen LogP contribution in [-0.2, 0) is 4.79 Å². The van der Waals surface area contributed by atoms with Crippen LogP contribution in [0.15, 0.2) is 83.4 Å². The molecule has 0 fully saturated rings. The quantitative estimate of drug-likeness (QED) is 0.549. The maximum Gasteiger partial charge on any atom is 0.294 e. The van der Waals surface area contributed by atoms with E-state index in [0.717, 1.165) is 0 Å². The molecule has 1 aliphatic heterocycles. The lowest BCUT2D eigenvalue weighted by Crippen LogP contribution is -2.30. The summed E-state index contributed by atoms with van der Waals surface area (Å²) in [5, 5.41) is 12.5. The highest BCUT2D eigenvalue weighted by Crippen LogP contribution is 2.42. The van der Waals surface area contributed by atoms with Crippen LogP contribution in [0, 0.1) is 0 Å². The summed E-state index contributed by atoms with van der Waals surface area (Å²) in [6.45, 7) is 3.89. The van der Waals surface area contributed by atoms with E-state index in [9.17, 15) is 14.7 Å². The predicted molar refractivity (Wildman–Crippen MR) is 117 cm³/mol. The van der Waals surface area contributed by atoms with Crippen molar-refractivity contribution in [2.75, 3.05) is 4.90 Å². The lowest BCUT2D eigenvalue weighted by atomic mass is 9.95. The van der Waals surface area contributed by atoms with Gasteiger partial charge in [0.15, 0.2) is 5.76 Å². The van der Waals surface area contributed by atoms with E-state index in [1.807, 2.05) is 56.3 Å². The molecule has 30 heavy (non-hydrogen) atoms. The molecule has 0 bridgehead atoms. The van der Waals surface area contributed by atoms with Gasteiger partial charge in [-0.15, -0.1) is 11.3 Å². The summed E-state index contributed by atoms with van der Waals surface area (Å²) in [5.41, 5.74) is 1.41. The van der Waals surface area contributed by atoms with Gasteiger partial charge in [0.25, 0.3) is 5.91 Å². The van der Waals surface area contributed by atoms with Gasteiger partial charge in [0.05, 0.1) is 22.6 Å². The molecule has 1 N–H and O–H groups in total. The first-order chi connectivity index (χ1) is 14.5. The van der Waals surface area contributed by atoms with E-state index in [0.29, 0.717) is 21.9 Å². The first kappa shape index (κ1) is 19.9. The second-order valence-electron chi connectivity index (χ2n) is 7.22. The molecule has 152 valence electrons. The van der Waals surface area contributed by atoms with E-state index in [4.69, 9.17) is 4.74 Å². The Bertz CT molecular complexity index is 1090. The molecule has 0 radical (unpaired) electrons. The number of aliphatic hydroxyl groups excluding tert-OH is 1. The lowest BCUT2D eigenvalue weighted by molar-refractivity contribution is -0.117. The number of nitrogens with zero attached hydrogens (tertiary/aromatic N) is 1. The number of amides is 1. The third-order valence-corrected chi connectivity index (χ3v) is 5.67. The van der Waals surface area contributed by atoms with Crippen LogP contribution in [0.5, 0.6) is 5.75 Å². The van der Waals surface area contributed by atoms with E-state index in [1.54, 1.807) is 29.6 Å². The third-order valence-electron chi connectivity index (χ3n) is 4.80. The topological polar surface area (TPSA) is 66.8 Å². The number of carbonyl (C=O) groups is 2. The van der Waals surface area contributed by atoms with E-state index in [1.165, 1.54) is 16.2 Å². The molecule has 2 aromatic carbocycles. The highest BCUT2D eigenvalue weighted by molar-refractivity contribution is 7.12. The van der Waals surface area contributed by atoms with Crippen LogP contribution in [0.4, 0.5) is 5.69 Å². The number of ketones is 1. The molecule has 2 heterocycles. The maximum atomic E-state index is 13.2. The Kier molecular flexibility index (Phi) is 5.42. The highest BCUT2D eigenvalue weighted by Gasteiger charge is 2.44. The smallest absolute Gasteiger partial charge is 0.294 e. The molecule has 6 heteroatoms. The van der Waals surface area contributed by atoms with E-state index in [-0.39, 0.29) is 17.5 Å². The minimum Gasteiger partial charge on any atom is -0.503 e. The SMILES string of the molecule is CC(C)Oc1ccc(C2C(C(=O)c3cccs3)=C(O)C(=O)N2c2ccccc2)cc1. The zero-order valence-electron chi connectivity index (χ0n) is 16.6. The summed E-state index contributed by atoms with van der Waals surface area (Å²) in [4.78, 5) is 28.2. The maximum absolute atomic E-state index is 13.2. The van der Waals surface area contributed by atoms with Gasteiger partial charge in [-0.25, -0.2) is 0 Å². The van der Waals surface area contributed by atoms with Crippen molar-refractivity contribution in [3.63, 3.8) is 0 Å². The van der Waals surface area contributed by atoms with Crippen LogP contribution in [0.25, 0.3) is 0 Å². The number of Topliss-reactive ketones (excluding diaryl/α,β-unsaturated/α-hetero) is 1. The molecule has 1 unspecified atom stereocenters. The summed E-state index contributed by atoms with van der Waals surface area (Å²) in [6.07, 6.45) is 0.0321. The van der Waals surface area contributed by atoms with Gasteiger partial charge >= 0.3 is 0 Å². The van der Waals surface area contributed by atoms with E-state index in [2.05, 4.69) is 0 Å². The van der Waals surface area contributed by atoms with E-state index >= 15 is 0 Å². The monoisotopic (exact) mass is 419 g/mol. The number of aliphatic hydroxyl groups is 1. The van der Waals surface area contributed by atoms with Gasteiger partial charge in [-0.05, 0) is 55.1 Å². The van der Waals surface area contributed by atoms with Crippen molar-refractivity contribution < 1.29 is 19.4 Å². The molecule has 0 spiro atoms. The normalized spacial score (nSPS) is 16.4. The van der Waals surface area contributed by atoms with Gasteiger partial charge in [0, 0.05) is 5.69 Å². The summed E-state index contributed by atoms with van der Waals surface area (Å²) >= 11 is 1.28. The average Bonchev–Trinajstić information content (AvgIpc) is 3.36. The number of thiophene rings is 1. The van der Waals surface area contributed by atoms with Gasteiger partial charge in [0.1, 0.15) is 5.75 Å². The Labute approximate surface area is 178 Å². The first-order valence-electron chi connectivity index (χ1n) is 9.64. The number of rotatable bonds is 6. The molecule has 3 aromatic rings. The number of hydrogen-bond acceptors (Lipinski definition) is 5. The number of carbonyl (C=O) groups excluding carboxylic acids is 2. The van der Waals surface area contributed by atoms with Crippen molar-refractivity contribution in [3.05, 3.63) is 93.9 Å². The van der Waals surface area contributed by atoms with Crippen LogP contribution in [0.1, 0.15) is 35.1 Å². The number of para-hydroxylation sites is 1. The molecule has 5 nitrogen and oxygen atoms in total. The minimum absolute atomic E-state index is 0.0321. The average molecular weight is 420 g/mol. The molecule has 1 amide bonds. The van der Waals surface area contributed by atoms with Gasteiger partial charge in [-0.2, -0.15) is 0 Å². The number of benzene rings is 2. The summed E-state index contributed by atoms with van der Waals surface area (Å²) in [5.74, 6) is -0.746. The fraction of sp³-hybridized carbons (Fsp3) is 0.167. The van der Waals surface area contributed by atoms with Crippen LogP contribution in [0.3, 0.4) is 0 Å². The Morgan fingerprint density at radius 3 is 2.33 bits per heavy atom. The van der Waals surface area contributed by atoms with Crippen molar-refractivity contribution in [1.82, 2.24) is 0 Å². The molecule has 4 rings (SSSR count). The zero-order valence-corrected chi connectivity index (χ0v) is 17.4. The Balaban J connectivity index is 1.81. The minimum atomic E-state index is -0.734. The van der Waals surface area contributed by atoms with Crippen molar-refractivity contribution in [2.24, 2.45) is 0 Å². The van der Waals surface area contributed by atoms with E-state index < -0.39 is 17.7 Å². The number of ether oxygens (including phenoxy) is 1. The largest absolute Gasteiger partial charge is 0.503 e.